The molecule has 0 unspecified atom stereocenters. The van der Waals surface area contributed by atoms with Crippen molar-refractivity contribution in [1.82, 2.24) is 0 Å². The molecule has 0 aliphatic carbocycles. The van der Waals surface area contributed by atoms with Gasteiger partial charge in [0.05, 0.1) is 0 Å². The number of carbonyl (C=O) groups excluding carboxylic acids is 1. The van der Waals surface area contributed by atoms with Gasteiger partial charge in [0.2, 0.25) is 5.91 Å². The maximum atomic E-state index is 10.9. The lowest BCUT2D eigenvalue weighted by Crippen LogP contribution is -2.14. The Labute approximate surface area is 76.2 Å². The number of hydrogen-bond acceptors (Lipinski definition) is 3. The summed E-state index contributed by atoms with van der Waals surface area (Å²) in [6.45, 7) is -0.0241. The Balaban J connectivity index is 3.10. The molecule has 0 heterocycles. The first-order valence-corrected chi connectivity index (χ1v) is 3.94. The molecule has 5 N–H and O–H groups in total. The average molecular weight is 180 g/mol. The second-order valence-electron chi connectivity index (χ2n) is 2.75. The number of hydrogen-bond donors (Lipinski definition) is 3. The summed E-state index contributed by atoms with van der Waals surface area (Å²) in [5.74, 6) is -0.497. The summed E-state index contributed by atoms with van der Waals surface area (Å²) < 4.78 is 0. The molecule has 0 aliphatic heterocycles. The van der Waals surface area contributed by atoms with Crippen LogP contribution in [0.4, 0.5) is 5.69 Å². The van der Waals surface area contributed by atoms with Gasteiger partial charge in [-0.1, -0.05) is 0 Å². The standard InChI is InChI=1S/C9H12N2O2/c10-7-1-2-8(9(11)13)6(5-7)3-4-12/h1-2,5,12H,3-4,10H2,(H2,11,13). The van der Waals surface area contributed by atoms with Crippen LogP contribution in [-0.4, -0.2) is 17.6 Å². The first-order chi connectivity index (χ1) is 6.15. The van der Waals surface area contributed by atoms with Crippen LogP contribution in [0.15, 0.2) is 18.2 Å². The quantitative estimate of drug-likeness (QED) is 0.567. The number of benzene rings is 1. The van der Waals surface area contributed by atoms with E-state index in [1.54, 1.807) is 18.2 Å². The van der Waals surface area contributed by atoms with Gasteiger partial charge in [0.15, 0.2) is 0 Å². The molecule has 0 aliphatic rings. The van der Waals surface area contributed by atoms with Crippen LogP contribution in [0.2, 0.25) is 0 Å². The van der Waals surface area contributed by atoms with E-state index < -0.39 is 5.91 Å². The Bertz CT molecular complexity index is 323. The molecular formula is C9H12N2O2. The van der Waals surface area contributed by atoms with Crippen molar-refractivity contribution in [2.24, 2.45) is 5.73 Å². The fourth-order valence-electron chi connectivity index (χ4n) is 1.18. The molecule has 0 fully saturated rings. The Hall–Kier alpha value is -1.55. The van der Waals surface area contributed by atoms with Crippen molar-refractivity contribution in [2.75, 3.05) is 12.3 Å². The van der Waals surface area contributed by atoms with Gasteiger partial charge in [0, 0.05) is 17.9 Å². The van der Waals surface area contributed by atoms with Crippen molar-refractivity contribution in [3.63, 3.8) is 0 Å². The summed E-state index contributed by atoms with van der Waals surface area (Å²) in [7, 11) is 0. The van der Waals surface area contributed by atoms with Crippen molar-refractivity contribution in [3.05, 3.63) is 29.3 Å². The molecule has 1 amide bonds. The number of anilines is 1. The molecular weight excluding hydrogens is 168 g/mol. The van der Waals surface area contributed by atoms with Crippen molar-refractivity contribution in [3.8, 4) is 0 Å². The Morgan fingerprint density at radius 2 is 2.15 bits per heavy atom. The van der Waals surface area contributed by atoms with Gasteiger partial charge in [-0.25, -0.2) is 0 Å². The van der Waals surface area contributed by atoms with Crippen LogP contribution < -0.4 is 11.5 Å². The molecule has 4 nitrogen and oxygen atoms in total. The molecule has 1 aromatic carbocycles. The topological polar surface area (TPSA) is 89.3 Å². The van der Waals surface area contributed by atoms with E-state index in [1.807, 2.05) is 0 Å². The van der Waals surface area contributed by atoms with Crippen LogP contribution in [0.3, 0.4) is 0 Å². The van der Waals surface area contributed by atoms with E-state index in [0.29, 0.717) is 23.2 Å². The summed E-state index contributed by atoms with van der Waals surface area (Å²) in [6.07, 6.45) is 0.392. The van der Waals surface area contributed by atoms with E-state index in [4.69, 9.17) is 16.6 Å². The lowest BCUT2D eigenvalue weighted by molar-refractivity contribution is 0.0999. The third-order valence-electron chi connectivity index (χ3n) is 1.78. The highest BCUT2D eigenvalue weighted by Gasteiger charge is 2.07. The zero-order valence-electron chi connectivity index (χ0n) is 7.16. The second kappa shape index (κ2) is 3.91. The monoisotopic (exact) mass is 180 g/mol. The number of carbonyl (C=O) groups is 1. The van der Waals surface area contributed by atoms with Crippen LogP contribution in [-0.2, 0) is 6.42 Å². The molecule has 13 heavy (non-hydrogen) atoms. The Morgan fingerprint density at radius 3 is 2.69 bits per heavy atom. The summed E-state index contributed by atoms with van der Waals surface area (Å²) in [5.41, 5.74) is 12.3. The minimum absolute atomic E-state index is 0.0241. The van der Waals surface area contributed by atoms with Crippen molar-refractivity contribution < 1.29 is 9.90 Å². The largest absolute Gasteiger partial charge is 0.399 e. The van der Waals surface area contributed by atoms with Crippen LogP contribution in [0.1, 0.15) is 15.9 Å². The molecule has 0 bridgehead atoms. The predicted molar refractivity (Wildman–Crippen MR) is 50.2 cm³/mol. The van der Waals surface area contributed by atoms with Crippen LogP contribution in [0.5, 0.6) is 0 Å². The van der Waals surface area contributed by atoms with Gasteiger partial charge < -0.3 is 16.6 Å². The molecule has 4 heteroatoms. The van der Waals surface area contributed by atoms with E-state index in [-0.39, 0.29) is 6.61 Å². The van der Waals surface area contributed by atoms with Gasteiger partial charge in [0.1, 0.15) is 0 Å². The molecule has 0 saturated carbocycles. The van der Waals surface area contributed by atoms with E-state index in [1.165, 1.54) is 0 Å². The number of aliphatic hydroxyl groups is 1. The van der Waals surface area contributed by atoms with Gasteiger partial charge in [-0.3, -0.25) is 4.79 Å². The molecule has 0 saturated heterocycles. The molecule has 0 atom stereocenters. The zero-order chi connectivity index (χ0) is 9.84. The van der Waals surface area contributed by atoms with Crippen LogP contribution in [0, 0.1) is 0 Å². The predicted octanol–water partition coefficient (Wildman–Crippen LogP) is -0.0975. The number of rotatable bonds is 3. The normalized spacial score (nSPS) is 9.92. The SMILES string of the molecule is NC(=O)c1ccc(N)cc1CCO. The minimum Gasteiger partial charge on any atom is -0.399 e. The number of amides is 1. The Kier molecular flexibility index (Phi) is 2.87. The van der Waals surface area contributed by atoms with E-state index in [2.05, 4.69) is 0 Å². The highest BCUT2D eigenvalue weighted by Crippen LogP contribution is 2.13. The number of aliphatic hydroxyl groups excluding tert-OH is 1. The van der Waals surface area contributed by atoms with Gasteiger partial charge in [-0.15, -0.1) is 0 Å². The molecule has 0 radical (unpaired) electrons. The van der Waals surface area contributed by atoms with Gasteiger partial charge >= 0.3 is 0 Å². The highest BCUT2D eigenvalue weighted by molar-refractivity contribution is 5.94. The number of nitrogens with two attached hydrogens (primary N) is 2. The lowest BCUT2D eigenvalue weighted by atomic mass is 10.0. The van der Waals surface area contributed by atoms with Gasteiger partial charge in [-0.2, -0.15) is 0 Å². The average Bonchev–Trinajstić information content (AvgIpc) is 2.04. The Morgan fingerprint density at radius 1 is 1.46 bits per heavy atom. The minimum atomic E-state index is -0.497. The van der Waals surface area contributed by atoms with Crippen LogP contribution >= 0.6 is 0 Å². The first kappa shape index (κ1) is 9.54. The molecule has 1 aromatic rings. The fourth-order valence-corrected chi connectivity index (χ4v) is 1.18. The summed E-state index contributed by atoms with van der Waals surface area (Å²) >= 11 is 0. The second-order valence-corrected chi connectivity index (χ2v) is 2.75. The van der Waals surface area contributed by atoms with Crippen molar-refractivity contribution >= 4 is 11.6 Å². The summed E-state index contributed by atoms with van der Waals surface area (Å²) in [4.78, 5) is 10.9. The molecule has 0 aromatic heterocycles. The maximum Gasteiger partial charge on any atom is 0.248 e. The lowest BCUT2D eigenvalue weighted by Gasteiger charge is -2.05. The summed E-state index contributed by atoms with van der Waals surface area (Å²) in [6, 6.07) is 4.83. The first-order valence-electron chi connectivity index (χ1n) is 3.94. The summed E-state index contributed by atoms with van der Waals surface area (Å²) in [5, 5.41) is 8.72. The van der Waals surface area contributed by atoms with Gasteiger partial charge in [0.25, 0.3) is 0 Å². The molecule has 70 valence electrons. The third-order valence-corrected chi connectivity index (χ3v) is 1.78. The number of primary amides is 1. The van der Waals surface area contributed by atoms with E-state index >= 15 is 0 Å². The van der Waals surface area contributed by atoms with Gasteiger partial charge in [-0.05, 0) is 30.2 Å². The van der Waals surface area contributed by atoms with Crippen LogP contribution in [0.25, 0.3) is 0 Å². The van der Waals surface area contributed by atoms with E-state index in [0.717, 1.165) is 0 Å². The van der Waals surface area contributed by atoms with E-state index in [9.17, 15) is 4.79 Å². The third kappa shape index (κ3) is 2.19. The highest BCUT2D eigenvalue weighted by atomic mass is 16.3. The maximum absolute atomic E-state index is 10.9. The number of nitrogen functional groups attached to an aromatic ring is 1. The zero-order valence-corrected chi connectivity index (χ0v) is 7.16. The van der Waals surface area contributed by atoms with Crippen molar-refractivity contribution in [1.29, 1.82) is 0 Å². The fraction of sp³-hybridized carbons (Fsp3) is 0.222. The molecule has 1 rings (SSSR count). The molecule has 0 spiro atoms. The smallest absolute Gasteiger partial charge is 0.248 e. The van der Waals surface area contributed by atoms with Crippen molar-refractivity contribution in [2.45, 2.75) is 6.42 Å².